The minimum atomic E-state index is -1.08. The van der Waals surface area contributed by atoms with E-state index >= 15 is 0 Å². The summed E-state index contributed by atoms with van der Waals surface area (Å²) in [5, 5.41) is 12.5. The van der Waals surface area contributed by atoms with Gasteiger partial charge in [-0.2, -0.15) is 0 Å². The Labute approximate surface area is 276 Å². The quantitative estimate of drug-likeness (QED) is 0.195. The van der Waals surface area contributed by atoms with Crippen LogP contribution in [0.5, 0.6) is 0 Å². The molecule has 0 fully saturated rings. The molecule has 0 aromatic heterocycles. The number of amides is 2. The zero-order valence-corrected chi connectivity index (χ0v) is 27.6. The van der Waals surface area contributed by atoms with Gasteiger partial charge in [-0.1, -0.05) is 117 Å². The maximum absolute atomic E-state index is 14.0. The lowest BCUT2D eigenvalue weighted by atomic mass is 9.87. The molecule has 6 nitrogen and oxygen atoms in total. The molecule has 0 saturated carbocycles. The monoisotopic (exact) mass is 636 g/mol. The van der Waals surface area contributed by atoms with Gasteiger partial charge in [-0.15, -0.1) is 0 Å². The number of aromatic carboxylic acids is 1. The minimum Gasteiger partial charge on any atom is -0.478 e. The Hall–Kier alpha value is -4.42. The molecular weight excluding hydrogens is 596 g/mol. The van der Waals surface area contributed by atoms with Crippen molar-refractivity contribution in [1.29, 1.82) is 0 Å². The summed E-state index contributed by atoms with van der Waals surface area (Å²) in [6, 6.07) is 24.8. The van der Waals surface area contributed by atoms with Gasteiger partial charge in [-0.25, -0.2) is 4.79 Å². The van der Waals surface area contributed by atoms with E-state index in [9.17, 15) is 19.5 Å². The Bertz CT molecular complexity index is 1700. The number of halogens is 1. The number of carboxylic acid groups (broad SMARTS) is 1. The van der Waals surface area contributed by atoms with E-state index in [1.54, 1.807) is 24.3 Å². The summed E-state index contributed by atoms with van der Waals surface area (Å²) in [5.74, 6) is -1.62. The van der Waals surface area contributed by atoms with Crippen molar-refractivity contribution in [3.63, 3.8) is 0 Å². The second-order valence-corrected chi connectivity index (χ2v) is 14.0. The highest BCUT2D eigenvalue weighted by Gasteiger charge is 2.34. The molecule has 0 radical (unpaired) electrons. The third-order valence-electron chi connectivity index (χ3n) is 8.69. The Morgan fingerprint density at radius 3 is 2.20 bits per heavy atom. The maximum Gasteiger partial charge on any atom is 0.335 e. The number of nitrogens with zero attached hydrogens (tertiary/aromatic N) is 1. The molecule has 0 spiro atoms. The number of benzene rings is 3. The number of hydrogen-bond acceptors (Lipinski definition) is 3. The predicted octanol–water partition coefficient (Wildman–Crippen LogP) is 7.86. The van der Waals surface area contributed by atoms with Crippen LogP contribution in [0.2, 0.25) is 0 Å². The lowest BCUT2D eigenvalue weighted by Crippen LogP contribution is -2.46. The normalized spacial score (nSPS) is 19.0. The molecule has 2 unspecified atom stereocenters. The summed E-state index contributed by atoms with van der Waals surface area (Å²) in [5.41, 5.74) is 6.99. The Morgan fingerprint density at radius 2 is 1.63 bits per heavy atom. The van der Waals surface area contributed by atoms with Crippen molar-refractivity contribution in [1.82, 2.24) is 10.2 Å². The number of alkyl halides is 1. The van der Waals surface area contributed by atoms with Crippen LogP contribution in [0.3, 0.4) is 0 Å². The van der Waals surface area contributed by atoms with Crippen molar-refractivity contribution in [3.8, 4) is 0 Å². The summed E-state index contributed by atoms with van der Waals surface area (Å²) in [7, 11) is 0. The first-order chi connectivity index (χ1) is 21.8. The van der Waals surface area contributed by atoms with Crippen LogP contribution in [0.1, 0.15) is 79.1 Å². The topological polar surface area (TPSA) is 86.7 Å². The molecule has 2 aliphatic rings. The van der Waals surface area contributed by atoms with Gasteiger partial charge >= 0.3 is 5.97 Å². The van der Waals surface area contributed by atoms with Crippen molar-refractivity contribution in [3.05, 3.63) is 130 Å². The first-order valence-corrected chi connectivity index (χ1v) is 16.1. The lowest BCUT2D eigenvalue weighted by Gasteiger charge is -2.32. The van der Waals surface area contributed by atoms with Crippen molar-refractivity contribution >= 4 is 40.5 Å². The summed E-state index contributed by atoms with van der Waals surface area (Å²) in [4.78, 5) is 39.0. The fourth-order valence-corrected chi connectivity index (χ4v) is 6.49. The fraction of sp³-hybridized carbons (Fsp3) is 0.308. The SMILES string of the molecule is CC1=C(c2ccccc2)C=CC(Cl)(NC(=O)C(Cc2ccc(C(=O)O)cc2)c2ccc(C3=CCN(C(=O)C(C)(C)C)CC3)cc2)C1. The molecule has 0 saturated heterocycles. The molecule has 0 bridgehead atoms. The Morgan fingerprint density at radius 1 is 0.957 bits per heavy atom. The second kappa shape index (κ2) is 13.5. The Balaban J connectivity index is 1.36. The van der Waals surface area contributed by atoms with Gasteiger partial charge in [-0.05, 0) is 71.4 Å². The van der Waals surface area contributed by atoms with Crippen LogP contribution in [0.25, 0.3) is 11.1 Å². The molecule has 2 N–H and O–H groups in total. The molecule has 3 aromatic rings. The van der Waals surface area contributed by atoms with Crippen LogP contribution in [-0.4, -0.2) is 45.9 Å². The van der Waals surface area contributed by atoms with Gasteiger partial charge in [0.1, 0.15) is 5.00 Å². The molecule has 46 heavy (non-hydrogen) atoms. The number of rotatable bonds is 8. The molecule has 3 aromatic carbocycles. The van der Waals surface area contributed by atoms with Gasteiger partial charge in [0.25, 0.3) is 0 Å². The molecule has 1 aliphatic carbocycles. The number of carboxylic acids is 1. The van der Waals surface area contributed by atoms with Crippen LogP contribution < -0.4 is 5.32 Å². The van der Waals surface area contributed by atoms with Crippen LogP contribution in [0, 0.1) is 5.41 Å². The number of carbonyl (C=O) groups is 3. The standard InChI is InChI=1S/C39H41ClN2O4/c1-26-25-39(40,21-18-33(26)30-8-6-5-7-9-30)41-35(43)34(24-27-10-12-32(13-11-27)36(44)45)31-16-14-28(15-17-31)29-19-22-42(23-20-29)37(46)38(2,3)4/h5-19,21,34H,20,22-25H2,1-4H3,(H,41,43)(H,44,45). The number of nitrogens with one attached hydrogen (secondary N) is 1. The molecule has 2 atom stereocenters. The van der Waals surface area contributed by atoms with E-state index < -0.39 is 22.3 Å². The predicted molar refractivity (Wildman–Crippen MR) is 184 cm³/mol. The summed E-state index contributed by atoms with van der Waals surface area (Å²) < 4.78 is 0. The van der Waals surface area contributed by atoms with Gasteiger partial charge in [-0.3, -0.25) is 9.59 Å². The van der Waals surface area contributed by atoms with Crippen LogP contribution in [0.4, 0.5) is 0 Å². The van der Waals surface area contributed by atoms with Crippen LogP contribution in [-0.2, 0) is 16.0 Å². The van der Waals surface area contributed by atoms with E-state index in [-0.39, 0.29) is 17.4 Å². The molecular formula is C39H41ClN2O4. The average molecular weight is 637 g/mol. The largest absolute Gasteiger partial charge is 0.478 e. The van der Waals surface area contributed by atoms with E-state index in [4.69, 9.17) is 11.6 Å². The second-order valence-electron chi connectivity index (χ2n) is 13.3. The van der Waals surface area contributed by atoms with Gasteiger partial charge in [0, 0.05) is 24.9 Å². The van der Waals surface area contributed by atoms with Gasteiger partial charge in [0.15, 0.2) is 0 Å². The van der Waals surface area contributed by atoms with Crippen molar-refractivity contribution in [2.24, 2.45) is 5.41 Å². The van der Waals surface area contributed by atoms with Gasteiger partial charge in [0.2, 0.25) is 11.8 Å². The van der Waals surface area contributed by atoms with E-state index in [0.717, 1.165) is 39.8 Å². The maximum atomic E-state index is 14.0. The Kier molecular flexibility index (Phi) is 9.68. The van der Waals surface area contributed by atoms with E-state index in [2.05, 4.69) is 23.5 Å². The van der Waals surface area contributed by atoms with Crippen molar-refractivity contribution in [2.75, 3.05) is 13.1 Å². The summed E-state index contributed by atoms with van der Waals surface area (Å²) >= 11 is 7.04. The highest BCUT2D eigenvalue weighted by Crippen LogP contribution is 2.36. The van der Waals surface area contributed by atoms with E-state index in [0.29, 0.717) is 25.9 Å². The van der Waals surface area contributed by atoms with Crippen LogP contribution >= 0.6 is 11.6 Å². The molecule has 238 valence electrons. The number of carbonyl (C=O) groups excluding carboxylic acids is 2. The van der Waals surface area contributed by atoms with Gasteiger partial charge < -0.3 is 15.3 Å². The molecule has 1 aliphatic heterocycles. The molecule has 7 heteroatoms. The van der Waals surface area contributed by atoms with Crippen LogP contribution in [0.15, 0.2) is 103 Å². The van der Waals surface area contributed by atoms with E-state index in [1.807, 2.05) is 87.2 Å². The molecule has 2 amide bonds. The highest BCUT2D eigenvalue weighted by atomic mass is 35.5. The highest BCUT2D eigenvalue weighted by molar-refractivity contribution is 6.26. The summed E-state index contributed by atoms with van der Waals surface area (Å²) in [6.45, 7) is 9.11. The molecule has 1 heterocycles. The first-order valence-electron chi connectivity index (χ1n) is 15.7. The number of hydrogen-bond donors (Lipinski definition) is 2. The third-order valence-corrected chi connectivity index (χ3v) is 9.05. The molecule has 5 rings (SSSR count). The summed E-state index contributed by atoms with van der Waals surface area (Å²) in [6.07, 6.45) is 7.54. The fourth-order valence-electron chi connectivity index (χ4n) is 6.14. The van der Waals surface area contributed by atoms with Crippen molar-refractivity contribution in [2.45, 2.75) is 57.9 Å². The first kappa shape index (κ1) is 33.0. The smallest absolute Gasteiger partial charge is 0.335 e. The average Bonchev–Trinajstić information content (AvgIpc) is 3.03. The zero-order chi connectivity index (χ0) is 33.1. The van der Waals surface area contributed by atoms with E-state index in [1.165, 1.54) is 5.57 Å². The number of allylic oxidation sites excluding steroid dienone is 2. The zero-order valence-electron chi connectivity index (χ0n) is 26.8. The minimum absolute atomic E-state index is 0.148. The third kappa shape index (κ3) is 7.68. The van der Waals surface area contributed by atoms with Crippen molar-refractivity contribution < 1.29 is 19.5 Å². The van der Waals surface area contributed by atoms with Gasteiger partial charge in [0.05, 0.1) is 11.5 Å². The lowest BCUT2D eigenvalue weighted by molar-refractivity contribution is -0.139.